The van der Waals surface area contributed by atoms with E-state index in [2.05, 4.69) is 41.5 Å². The summed E-state index contributed by atoms with van der Waals surface area (Å²) in [7, 11) is -9.92. The van der Waals surface area contributed by atoms with Crippen molar-refractivity contribution in [2.75, 3.05) is 39.6 Å². The highest BCUT2D eigenvalue weighted by Gasteiger charge is 2.30. The molecule has 0 aliphatic rings. The molecule has 0 spiro atoms. The molecular formula is C82H160O17P2. The van der Waals surface area contributed by atoms with Gasteiger partial charge in [0, 0.05) is 25.7 Å². The van der Waals surface area contributed by atoms with Crippen LogP contribution >= 0.6 is 15.6 Å². The molecule has 3 unspecified atom stereocenters. The highest BCUT2D eigenvalue weighted by molar-refractivity contribution is 7.47. The summed E-state index contributed by atoms with van der Waals surface area (Å²) in [6.07, 6.45) is 64.0. The molecule has 0 bridgehead atoms. The van der Waals surface area contributed by atoms with Gasteiger partial charge in [0.1, 0.15) is 19.3 Å². The second-order valence-electron chi connectivity index (χ2n) is 30.2. The first kappa shape index (κ1) is 99.1. The molecule has 0 amide bonds. The van der Waals surface area contributed by atoms with Crippen LogP contribution in [-0.2, 0) is 65.4 Å². The fourth-order valence-electron chi connectivity index (χ4n) is 12.7. The molecule has 101 heavy (non-hydrogen) atoms. The normalized spacial score (nSPS) is 14.2. The lowest BCUT2D eigenvalue weighted by molar-refractivity contribution is -0.161. The second kappa shape index (κ2) is 73.6. The van der Waals surface area contributed by atoms with Crippen LogP contribution in [0.15, 0.2) is 0 Å². The third-order valence-corrected chi connectivity index (χ3v) is 21.5. The van der Waals surface area contributed by atoms with Gasteiger partial charge in [-0.15, -0.1) is 0 Å². The zero-order valence-corrected chi connectivity index (χ0v) is 68.0. The van der Waals surface area contributed by atoms with E-state index in [1.807, 2.05) is 0 Å². The van der Waals surface area contributed by atoms with E-state index in [1.165, 1.54) is 250 Å². The number of aliphatic hydroxyl groups excluding tert-OH is 1. The molecule has 0 rings (SSSR count). The van der Waals surface area contributed by atoms with Crippen LogP contribution in [0.3, 0.4) is 0 Å². The summed E-state index contributed by atoms with van der Waals surface area (Å²) in [6.45, 7) is 9.64. The van der Waals surface area contributed by atoms with Gasteiger partial charge < -0.3 is 33.8 Å². The smallest absolute Gasteiger partial charge is 0.462 e. The van der Waals surface area contributed by atoms with Gasteiger partial charge in [0.2, 0.25) is 0 Å². The molecule has 0 saturated heterocycles. The fourth-order valence-corrected chi connectivity index (χ4v) is 14.3. The number of ether oxygens (including phenoxy) is 4. The van der Waals surface area contributed by atoms with Crippen LogP contribution < -0.4 is 0 Å². The van der Waals surface area contributed by atoms with Crippen LogP contribution in [0.5, 0.6) is 0 Å². The molecule has 600 valence electrons. The Hall–Kier alpha value is -1.94. The van der Waals surface area contributed by atoms with E-state index >= 15 is 0 Å². The predicted octanol–water partition coefficient (Wildman–Crippen LogP) is 24.7. The number of carbonyl (C=O) groups is 4. The molecule has 6 atom stereocenters. The van der Waals surface area contributed by atoms with Crippen LogP contribution in [0.1, 0.15) is 433 Å². The second-order valence-corrected chi connectivity index (χ2v) is 33.1. The Morgan fingerprint density at radius 2 is 0.505 bits per heavy atom. The van der Waals surface area contributed by atoms with Crippen LogP contribution in [0.25, 0.3) is 0 Å². The number of hydrogen-bond donors (Lipinski definition) is 3. The SMILES string of the molecule is CCCCCCCCCCCCCCCCCCCCCCCCC(=O)O[C@H](COC(=O)CCCCCCCCCCCCCCCCCC(C)C)COP(=O)(O)OC[C@@H](O)COP(=O)(O)OC[C@@H](COC(=O)CCCCCCCCCCC)OC(=O)CCCCCCCCCCC(C)CC. The summed E-state index contributed by atoms with van der Waals surface area (Å²) >= 11 is 0. The van der Waals surface area contributed by atoms with Crippen molar-refractivity contribution in [1.29, 1.82) is 0 Å². The van der Waals surface area contributed by atoms with Gasteiger partial charge in [0.15, 0.2) is 12.2 Å². The monoisotopic (exact) mass is 1480 g/mol. The molecule has 3 N–H and O–H groups in total. The Bertz CT molecular complexity index is 1940. The highest BCUT2D eigenvalue weighted by Crippen LogP contribution is 2.45. The van der Waals surface area contributed by atoms with Gasteiger partial charge in [-0.3, -0.25) is 37.3 Å². The van der Waals surface area contributed by atoms with E-state index < -0.39 is 97.5 Å². The van der Waals surface area contributed by atoms with Crippen LogP contribution in [0.2, 0.25) is 0 Å². The van der Waals surface area contributed by atoms with Crippen molar-refractivity contribution in [2.24, 2.45) is 11.8 Å². The predicted molar refractivity (Wildman–Crippen MR) is 414 cm³/mol. The topological polar surface area (TPSA) is 237 Å². The van der Waals surface area contributed by atoms with Gasteiger partial charge in [0.05, 0.1) is 26.4 Å². The van der Waals surface area contributed by atoms with Crippen molar-refractivity contribution < 1.29 is 80.2 Å². The minimum Gasteiger partial charge on any atom is -0.462 e. The number of aliphatic hydroxyl groups is 1. The number of phosphoric ester groups is 2. The number of esters is 4. The Morgan fingerprint density at radius 3 is 0.752 bits per heavy atom. The van der Waals surface area contributed by atoms with Crippen LogP contribution in [0.4, 0.5) is 0 Å². The Balaban J connectivity index is 5.19. The van der Waals surface area contributed by atoms with Crippen molar-refractivity contribution >= 4 is 39.5 Å². The van der Waals surface area contributed by atoms with Gasteiger partial charge >= 0.3 is 39.5 Å². The van der Waals surface area contributed by atoms with E-state index in [1.54, 1.807) is 0 Å². The molecule has 19 heteroatoms. The summed E-state index contributed by atoms with van der Waals surface area (Å²) in [5, 5.41) is 10.6. The van der Waals surface area contributed by atoms with Crippen molar-refractivity contribution in [3.63, 3.8) is 0 Å². The van der Waals surface area contributed by atoms with Gasteiger partial charge in [0.25, 0.3) is 0 Å². The van der Waals surface area contributed by atoms with Crippen molar-refractivity contribution in [2.45, 2.75) is 452 Å². The quantitative estimate of drug-likeness (QED) is 0.0222. The Kier molecular flexibility index (Phi) is 72.2. The van der Waals surface area contributed by atoms with Gasteiger partial charge in [-0.25, -0.2) is 9.13 Å². The van der Waals surface area contributed by atoms with Crippen molar-refractivity contribution in [3.05, 3.63) is 0 Å². The average molecular weight is 1480 g/mol. The molecule has 0 aromatic carbocycles. The number of phosphoric acid groups is 2. The largest absolute Gasteiger partial charge is 0.472 e. The fraction of sp³-hybridized carbons (Fsp3) is 0.951. The van der Waals surface area contributed by atoms with Gasteiger partial charge in [-0.1, -0.05) is 382 Å². The number of hydrogen-bond acceptors (Lipinski definition) is 15. The molecule has 0 aromatic rings. The minimum atomic E-state index is -4.96. The van der Waals surface area contributed by atoms with Crippen LogP contribution in [0, 0.1) is 11.8 Å². The van der Waals surface area contributed by atoms with Crippen molar-refractivity contribution in [1.82, 2.24) is 0 Å². The van der Waals surface area contributed by atoms with Gasteiger partial charge in [-0.2, -0.15) is 0 Å². The van der Waals surface area contributed by atoms with E-state index in [9.17, 15) is 43.2 Å². The van der Waals surface area contributed by atoms with Gasteiger partial charge in [-0.05, 0) is 37.5 Å². The van der Waals surface area contributed by atoms with E-state index in [4.69, 9.17) is 37.0 Å². The molecular weight excluding hydrogens is 1320 g/mol. The third-order valence-electron chi connectivity index (χ3n) is 19.6. The third kappa shape index (κ3) is 74.7. The molecule has 17 nitrogen and oxygen atoms in total. The summed E-state index contributed by atoms with van der Waals surface area (Å²) in [4.78, 5) is 73.0. The highest BCUT2D eigenvalue weighted by atomic mass is 31.2. The first-order chi connectivity index (χ1) is 48.9. The molecule has 0 aliphatic heterocycles. The molecule has 0 saturated carbocycles. The molecule has 0 aromatic heterocycles. The van der Waals surface area contributed by atoms with E-state index in [0.29, 0.717) is 25.7 Å². The lowest BCUT2D eigenvalue weighted by Gasteiger charge is -2.21. The average Bonchev–Trinajstić information content (AvgIpc) is 0.930. The lowest BCUT2D eigenvalue weighted by atomic mass is 9.99. The van der Waals surface area contributed by atoms with Crippen LogP contribution in [-0.4, -0.2) is 96.7 Å². The van der Waals surface area contributed by atoms with E-state index in [0.717, 1.165) is 102 Å². The zero-order chi connectivity index (χ0) is 74.2. The summed E-state index contributed by atoms with van der Waals surface area (Å²) < 4.78 is 68.7. The maximum atomic E-state index is 13.1. The minimum absolute atomic E-state index is 0.105. The molecule has 0 fully saturated rings. The zero-order valence-electron chi connectivity index (χ0n) is 66.2. The Labute approximate surface area is 619 Å². The number of carbonyl (C=O) groups excluding carboxylic acids is 4. The molecule has 0 radical (unpaired) electrons. The summed E-state index contributed by atoms with van der Waals surface area (Å²) in [6, 6.07) is 0. The van der Waals surface area contributed by atoms with E-state index in [-0.39, 0.29) is 25.7 Å². The first-order valence-corrected chi connectivity index (χ1v) is 45.5. The van der Waals surface area contributed by atoms with Crippen molar-refractivity contribution in [3.8, 4) is 0 Å². The molecule has 0 heterocycles. The maximum Gasteiger partial charge on any atom is 0.472 e. The Morgan fingerprint density at radius 1 is 0.287 bits per heavy atom. The number of unbranched alkanes of at least 4 members (excludes halogenated alkanes) is 50. The standard InChI is InChI=1S/C82H160O17P2/c1-7-10-12-14-16-18-19-20-21-22-23-24-25-26-27-30-34-37-41-48-54-60-66-81(86)98-77(71-93-80(85)65-59-53-47-40-36-33-31-28-29-32-35-39-44-50-56-62-74(4)5)72-96-100(88,89)94-68-76(83)69-95-101(90,91)97-73-78(70-92-79(84)64-58-52-46-38-17-15-13-11-8-2)99-82(87)67-61-55-49-43-42-45-51-57-63-75(6)9-3/h74-78,83H,7-73H2,1-6H3,(H,88,89)(H,90,91)/t75?,76-,77-,78-/m1/s1. The maximum absolute atomic E-state index is 13.1. The molecule has 0 aliphatic carbocycles. The summed E-state index contributed by atoms with van der Waals surface area (Å²) in [5.41, 5.74) is 0. The summed E-state index contributed by atoms with van der Waals surface area (Å²) in [5.74, 6) is -0.536. The first-order valence-electron chi connectivity index (χ1n) is 42.5. The lowest BCUT2D eigenvalue weighted by Crippen LogP contribution is -2.30. The number of rotatable bonds is 81.